The van der Waals surface area contributed by atoms with Gasteiger partial charge in [-0.3, -0.25) is 9.59 Å². The third-order valence-electron chi connectivity index (χ3n) is 4.31. The molecule has 0 spiro atoms. The summed E-state index contributed by atoms with van der Waals surface area (Å²) in [7, 11) is 0. The first kappa shape index (κ1) is 15.4. The number of nitrogens with two attached hydrogens (primary N) is 1. The number of carbonyl (C=O) groups excluding carboxylic acids is 1. The smallest absolute Gasteiger partial charge is 0.311 e. The second-order valence-electron chi connectivity index (χ2n) is 5.77. The van der Waals surface area contributed by atoms with Crippen molar-refractivity contribution in [3.8, 4) is 0 Å². The van der Waals surface area contributed by atoms with Crippen LogP contribution in [-0.2, 0) is 16.0 Å². The second-order valence-corrected chi connectivity index (χ2v) is 5.77. The van der Waals surface area contributed by atoms with Crippen LogP contribution in [0.3, 0.4) is 0 Å². The van der Waals surface area contributed by atoms with Gasteiger partial charge in [0, 0.05) is 18.7 Å². The number of carboxylic acids is 1. The molecule has 0 unspecified atom stereocenters. The van der Waals surface area contributed by atoms with Gasteiger partial charge in [-0.25, -0.2) is 0 Å². The Labute approximate surface area is 124 Å². The van der Waals surface area contributed by atoms with Crippen LogP contribution in [0.25, 0.3) is 0 Å². The number of aryl methyl sites for hydroxylation is 1. The van der Waals surface area contributed by atoms with Crippen molar-refractivity contribution in [2.24, 2.45) is 5.41 Å². The van der Waals surface area contributed by atoms with Crippen LogP contribution in [0.4, 0.5) is 5.69 Å². The van der Waals surface area contributed by atoms with Gasteiger partial charge in [-0.05, 0) is 30.9 Å². The number of nitrogens with one attached hydrogen (secondary N) is 1. The molecule has 5 heteroatoms. The van der Waals surface area contributed by atoms with Gasteiger partial charge in [0.1, 0.15) is 0 Å². The molecule has 1 aliphatic rings. The van der Waals surface area contributed by atoms with E-state index < -0.39 is 11.4 Å². The Morgan fingerprint density at radius 3 is 2.52 bits per heavy atom. The molecular formula is C16H22N2O3. The quantitative estimate of drug-likeness (QED) is 0.698. The van der Waals surface area contributed by atoms with E-state index in [4.69, 9.17) is 5.73 Å². The Balaban J connectivity index is 1.82. The third kappa shape index (κ3) is 3.74. The van der Waals surface area contributed by atoms with Crippen LogP contribution in [0, 0.1) is 5.41 Å². The number of rotatable bonds is 6. The molecule has 5 nitrogen and oxygen atoms in total. The summed E-state index contributed by atoms with van der Waals surface area (Å²) in [4.78, 5) is 23.3. The van der Waals surface area contributed by atoms with E-state index in [0.29, 0.717) is 31.4 Å². The lowest BCUT2D eigenvalue weighted by atomic mass is 9.86. The fourth-order valence-corrected chi connectivity index (χ4v) is 2.88. The number of carbonyl (C=O) groups is 2. The minimum absolute atomic E-state index is 0.120. The predicted octanol–water partition coefficient (Wildman–Crippen LogP) is 1.96. The van der Waals surface area contributed by atoms with Gasteiger partial charge in [0.05, 0.1) is 5.41 Å². The van der Waals surface area contributed by atoms with E-state index in [1.54, 1.807) is 0 Å². The summed E-state index contributed by atoms with van der Waals surface area (Å²) in [6.07, 6.45) is 4.02. The number of aliphatic carboxylic acids is 1. The summed E-state index contributed by atoms with van der Waals surface area (Å²) in [6.45, 7) is 0.228. The Hall–Kier alpha value is -2.04. The molecule has 1 fully saturated rings. The van der Waals surface area contributed by atoms with Crippen LogP contribution in [0.1, 0.15) is 37.7 Å². The van der Waals surface area contributed by atoms with Gasteiger partial charge in [0.25, 0.3) is 0 Å². The summed E-state index contributed by atoms with van der Waals surface area (Å²) in [5.41, 5.74) is 6.70. The van der Waals surface area contributed by atoms with Crippen molar-refractivity contribution < 1.29 is 14.7 Å². The molecular weight excluding hydrogens is 268 g/mol. The summed E-state index contributed by atoms with van der Waals surface area (Å²) < 4.78 is 0. The van der Waals surface area contributed by atoms with Crippen LogP contribution in [-0.4, -0.2) is 23.5 Å². The van der Waals surface area contributed by atoms with Crippen molar-refractivity contribution >= 4 is 17.6 Å². The highest BCUT2D eigenvalue weighted by molar-refractivity contribution is 5.79. The maximum absolute atomic E-state index is 11.9. The zero-order chi connectivity index (χ0) is 15.3. The highest BCUT2D eigenvalue weighted by atomic mass is 16.4. The molecule has 21 heavy (non-hydrogen) atoms. The lowest BCUT2D eigenvalue weighted by Crippen LogP contribution is -2.41. The van der Waals surface area contributed by atoms with Crippen LogP contribution in [0.15, 0.2) is 24.3 Å². The molecule has 0 atom stereocenters. The summed E-state index contributed by atoms with van der Waals surface area (Å²) in [5, 5.41) is 12.1. The average molecular weight is 290 g/mol. The van der Waals surface area contributed by atoms with Crippen molar-refractivity contribution in [3.05, 3.63) is 29.8 Å². The number of amides is 1. The van der Waals surface area contributed by atoms with Gasteiger partial charge < -0.3 is 16.2 Å². The maximum Gasteiger partial charge on any atom is 0.311 e. The topological polar surface area (TPSA) is 92.4 Å². The monoisotopic (exact) mass is 290 g/mol. The molecule has 1 aromatic rings. The Bertz CT molecular complexity index is 522. The number of hydrogen-bond donors (Lipinski definition) is 3. The van der Waals surface area contributed by atoms with Gasteiger partial charge in [0.15, 0.2) is 0 Å². The van der Waals surface area contributed by atoms with Crippen LogP contribution < -0.4 is 11.1 Å². The molecule has 1 aliphatic carbocycles. The number of benzene rings is 1. The van der Waals surface area contributed by atoms with Crippen molar-refractivity contribution in [2.45, 2.75) is 38.5 Å². The molecule has 0 heterocycles. The van der Waals surface area contributed by atoms with Crippen LogP contribution in [0.2, 0.25) is 0 Å². The standard InChI is InChI=1S/C16H22N2O3/c17-13-6-2-1-5-12(13)7-8-14(19)18-11-16(15(20)21)9-3-4-10-16/h1-2,5-6H,3-4,7-11,17H2,(H,18,19)(H,20,21). The summed E-state index contributed by atoms with van der Waals surface area (Å²) in [5.74, 6) is -0.918. The predicted molar refractivity (Wildman–Crippen MR) is 80.7 cm³/mol. The molecule has 0 aliphatic heterocycles. The van der Waals surface area contributed by atoms with Gasteiger partial charge in [-0.1, -0.05) is 31.0 Å². The molecule has 114 valence electrons. The van der Waals surface area contributed by atoms with E-state index in [-0.39, 0.29) is 12.5 Å². The molecule has 1 amide bonds. The number of hydrogen-bond acceptors (Lipinski definition) is 3. The minimum Gasteiger partial charge on any atom is -0.481 e. The SMILES string of the molecule is Nc1ccccc1CCC(=O)NCC1(C(=O)O)CCCC1. The number of para-hydroxylation sites is 1. The molecule has 4 N–H and O–H groups in total. The second kappa shape index (κ2) is 6.61. The summed E-state index contributed by atoms with van der Waals surface area (Å²) in [6, 6.07) is 7.46. The Kier molecular flexibility index (Phi) is 4.83. The van der Waals surface area contributed by atoms with Gasteiger partial charge in [0.2, 0.25) is 5.91 Å². The first-order chi connectivity index (χ1) is 10.0. The first-order valence-electron chi connectivity index (χ1n) is 7.37. The number of anilines is 1. The molecule has 1 aromatic carbocycles. The molecule has 0 saturated heterocycles. The zero-order valence-electron chi connectivity index (χ0n) is 12.1. The van der Waals surface area contributed by atoms with Crippen molar-refractivity contribution in [1.29, 1.82) is 0 Å². The average Bonchev–Trinajstić information content (AvgIpc) is 2.94. The molecule has 0 radical (unpaired) electrons. The highest BCUT2D eigenvalue weighted by Gasteiger charge is 2.41. The lowest BCUT2D eigenvalue weighted by molar-refractivity contribution is -0.148. The number of carboxylic acid groups (broad SMARTS) is 1. The molecule has 0 aromatic heterocycles. The first-order valence-corrected chi connectivity index (χ1v) is 7.37. The van der Waals surface area contributed by atoms with Crippen LogP contribution >= 0.6 is 0 Å². The maximum atomic E-state index is 11.9. The van der Waals surface area contributed by atoms with Gasteiger partial charge in [-0.2, -0.15) is 0 Å². The molecule has 1 saturated carbocycles. The fraction of sp³-hybridized carbons (Fsp3) is 0.500. The van der Waals surface area contributed by atoms with E-state index in [0.717, 1.165) is 18.4 Å². The van der Waals surface area contributed by atoms with E-state index in [1.165, 1.54) is 0 Å². The van der Waals surface area contributed by atoms with Crippen LogP contribution in [0.5, 0.6) is 0 Å². The van der Waals surface area contributed by atoms with E-state index in [2.05, 4.69) is 5.32 Å². The Morgan fingerprint density at radius 1 is 1.24 bits per heavy atom. The lowest BCUT2D eigenvalue weighted by Gasteiger charge is -2.24. The van der Waals surface area contributed by atoms with Crippen molar-refractivity contribution in [1.82, 2.24) is 5.32 Å². The number of nitrogen functional groups attached to an aromatic ring is 1. The minimum atomic E-state index is -0.799. The fourth-order valence-electron chi connectivity index (χ4n) is 2.88. The Morgan fingerprint density at radius 2 is 1.90 bits per heavy atom. The molecule has 2 rings (SSSR count). The highest BCUT2D eigenvalue weighted by Crippen LogP contribution is 2.37. The van der Waals surface area contributed by atoms with Crippen molar-refractivity contribution in [2.75, 3.05) is 12.3 Å². The third-order valence-corrected chi connectivity index (χ3v) is 4.31. The van der Waals surface area contributed by atoms with Gasteiger partial charge in [-0.15, -0.1) is 0 Å². The summed E-state index contributed by atoms with van der Waals surface area (Å²) >= 11 is 0. The van der Waals surface area contributed by atoms with E-state index >= 15 is 0 Å². The van der Waals surface area contributed by atoms with E-state index in [1.807, 2.05) is 24.3 Å². The molecule has 0 bridgehead atoms. The van der Waals surface area contributed by atoms with E-state index in [9.17, 15) is 14.7 Å². The zero-order valence-corrected chi connectivity index (χ0v) is 12.1. The van der Waals surface area contributed by atoms with Gasteiger partial charge >= 0.3 is 5.97 Å². The van der Waals surface area contributed by atoms with Crippen molar-refractivity contribution in [3.63, 3.8) is 0 Å². The normalized spacial score (nSPS) is 16.6. The largest absolute Gasteiger partial charge is 0.481 e.